The Morgan fingerprint density at radius 1 is 0.930 bits per heavy atom. The minimum atomic E-state index is -0.322. The van der Waals surface area contributed by atoms with Gasteiger partial charge < -0.3 is 15.4 Å². The zero-order valence-corrected chi connectivity index (χ0v) is 24.2. The van der Waals surface area contributed by atoms with Gasteiger partial charge in [-0.25, -0.2) is 9.38 Å². The molecule has 0 aliphatic carbocycles. The molecule has 4 aromatic carbocycles. The van der Waals surface area contributed by atoms with Crippen LogP contribution in [0, 0.1) is 5.82 Å². The second kappa shape index (κ2) is 12.6. The van der Waals surface area contributed by atoms with E-state index in [4.69, 9.17) is 4.99 Å². The van der Waals surface area contributed by atoms with Gasteiger partial charge >= 0.3 is 0 Å². The number of likely N-dealkylation sites (tertiary alicyclic amines) is 1. The molecule has 0 bridgehead atoms. The monoisotopic (exact) mass is 574 g/mol. The van der Waals surface area contributed by atoms with E-state index in [0.717, 1.165) is 36.4 Å². The highest BCUT2D eigenvalue weighted by atomic mass is 19.1. The lowest BCUT2D eigenvalue weighted by molar-refractivity contribution is 0.0940. The number of halogens is 1. The number of carbonyl (C=O) groups excluding carboxylic acids is 1. The van der Waals surface area contributed by atoms with E-state index in [1.807, 2.05) is 49.4 Å². The van der Waals surface area contributed by atoms with Crippen LogP contribution in [0.25, 0.3) is 10.9 Å². The highest BCUT2D eigenvalue weighted by Gasteiger charge is 2.21. The second-order valence-corrected chi connectivity index (χ2v) is 11.2. The fraction of sp³-hybridized carbons (Fsp3) is 0.222. The van der Waals surface area contributed by atoms with Crippen LogP contribution in [0.5, 0.6) is 5.88 Å². The van der Waals surface area contributed by atoms with E-state index in [0.29, 0.717) is 27.7 Å². The third-order valence-corrected chi connectivity index (χ3v) is 8.05. The van der Waals surface area contributed by atoms with Crippen LogP contribution >= 0.6 is 0 Å². The number of hydrogen-bond donors (Lipinski definition) is 3. The maximum atomic E-state index is 13.4. The molecular weight excluding hydrogens is 539 g/mol. The van der Waals surface area contributed by atoms with Gasteiger partial charge in [-0.15, -0.1) is 0 Å². The summed E-state index contributed by atoms with van der Waals surface area (Å²) in [6.07, 6.45) is 3.77. The van der Waals surface area contributed by atoms with E-state index in [1.54, 1.807) is 30.3 Å². The quantitative estimate of drug-likeness (QED) is 0.167. The number of hydrogen-bond acceptors (Lipinski definition) is 4. The lowest BCUT2D eigenvalue weighted by Gasteiger charge is -2.26. The first-order valence-corrected chi connectivity index (χ1v) is 14.8. The van der Waals surface area contributed by atoms with Crippen LogP contribution in [-0.2, 0) is 6.54 Å². The summed E-state index contributed by atoms with van der Waals surface area (Å²) in [5.74, 6) is -0.606. The first-order valence-electron chi connectivity index (χ1n) is 14.8. The van der Waals surface area contributed by atoms with Crippen molar-refractivity contribution in [2.24, 2.45) is 4.99 Å². The Morgan fingerprint density at radius 3 is 2.47 bits per heavy atom. The molecule has 7 heteroatoms. The van der Waals surface area contributed by atoms with Crippen molar-refractivity contribution in [2.75, 3.05) is 13.1 Å². The summed E-state index contributed by atoms with van der Waals surface area (Å²) in [5.41, 5.74) is 5.92. The smallest absolute Gasteiger partial charge is 0.251 e. The number of aromatic amines is 1. The molecule has 0 radical (unpaired) electrons. The van der Waals surface area contributed by atoms with Crippen molar-refractivity contribution in [3.63, 3.8) is 0 Å². The third kappa shape index (κ3) is 6.52. The number of H-pyrrole nitrogens is 1. The SMILES string of the molecule is CC(NC(=O)c1ccc2[nH]c(O)c(C(=Nc3cccc(CN4CCCCC4)c3)c3ccccc3)c2c1)c1ccc(F)cc1. The fourth-order valence-corrected chi connectivity index (χ4v) is 5.76. The van der Waals surface area contributed by atoms with Crippen molar-refractivity contribution in [1.82, 2.24) is 15.2 Å². The maximum Gasteiger partial charge on any atom is 0.251 e. The van der Waals surface area contributed by atoms with E-state index in [2.05, 4.69) is 27.3 Å². The van der Waals surface area contributed by atoms with Gasteiger partial charge in [0.05, 0.1) is 23.0 Å². The van der Waals surface area contributed by atoms with Crippen LogP contribution in [0.2, 0.25) is 0 Å². The molecule has 1 fully saturated rings. The summed E-state index contributed by atoms with van der Waals surface area (Å²) in [4.78, 5) is 23.9. The first kappa shape index (κ1) is 28.4. The van der Waals surface area contributed by atoms with Gasteiger partial charge in [-0.3, -0.25) is 9.69 Å². The molecule has 0 spiro atoms. The number of benzene rings is 4. The highest BCUT2D eigenvalue weighted by Crippen LogP contribution is 2.33. The van der Waals surface area contributed by atoms with E-state index in [1.165, 1.54) is 37.0 Å². The zero-order valence-electron chi connectivity index (χ0n) is 24.2. The molecule has 1 unspecified atom stereocenters. The van der Waals surface area contributed by atoms with Crippen molar-refractivity contribution in [3.05, 3.63) is 131 Å². The number of nitrogens with one attached hydrogen (secondary N) is 2. The zero-order chi connectivity index (χ0) is 29.8. The van der Waals surface area contributed by atoms with Crippen LogP contribution in [0.4, 0.5) is 10.1 Å². The Morgan fingerprint density at radius 2 is 1.70 bits per heavy atom. The summed E-state index contributed by atoms with van der Waals surface area (Å²) in [7, 11) is 0. The summed E-state index contributed by atoms with van der Waals surface area (Å²) in [6, 6.07) is 29.1. The average molecular weight is 575 g/mol. The van der Waals surface area contributed by atoms with Gasteiger partial charge in [0.1, 0.15) is 5.82 Å². The molecule has 3 N–H and O–H groups in total. The van der Waals surface area contributed by atoms with Gasteiger partial charge in [0.15, 0.2) is 5.88 Å². The normalized spacial score (nSPS) is 15.0. The third-order valence-electron chi connectivity index (χ3n) is 8.05. The Balaban J connectivity index is 1.36. The molecule has 0 saturated carbocycles. The Kier molecular flexibility index (Phi) is 8.34. The number of nitrogens with zero attached hydrogens (tertiary/aromatic N) is 2. The predicted molar refractivity (Wildman–Crippen MR) is 170 cm³/mol. The van der Waals surface area contributed by atoms with Crippen molar-refractivity contribution < 1.29 is 14.3 Å². The van der Waals surface area contributed by atoms with Crippen LogP contribution < -0.4 is 5.32 Å². The fourth-order valence-electron chi connectivity index (χ4n) is 5.76. The minimum absolute atomic E-state index is 0.0145. The largest absolute Gasteiger partial charge is 0.494 e. The van der Waals surface area contributed by atoms with E-state index in [9.17, 15) is 14.3 Å². The Hall–Kier alpha value is -4.75. The van der Waals surface area contributed by atoms with Crippen molar-refractivity contribution >= 4 is 28.2 Å². The molecule has 5 aromatic rings. The molecule has 1 saturated heterocycles. The molecular formula is C36H35FN4O2. The predicted octanol–water partition coefficient (Wildman–Crippen LogP) is 7.66. The van der Waals surface area contributed by atoms with Crippen LogP contribution in [0.1, 0.15) is 64.8 Å². The topological polar surface area (TPSA) is 80.7 Å². The van der Waals surface area contributed by atoms with Gasteiger partial charge in [-0.2, -0.15) is 0 Å². The molecule has 6 nitrogen and oxygen atoms in total. The van der Waals surface area contributed by atoms with Crippen molar-refractivity contribution in [2.45, 2.75) is 38.8 Å². The number of aromatic nitrogens is 1. The molecule has 1 aromatic heterocycles. The average Bonchev–Trinajstić information content (AvgIpc) is 3.36. The van der Waals surface area contributed by atoms with Gasteiger partial charge in [-0.05, 0) is 86.4 Å². The van der Waals surface area contributed by atoms with Crippen LogP contribution in [-0.4, -0.2) is 39.7 Å². The molecule has 43 heavy (non-hydrogen) atoms. The number of fused-ring (bicyclic) bond motifs is 1. The summed E-state index contributed by atoms with van der Waals surface area (Å²) >= 11 is 0. The first-order chi connectivity index (χ1) is 20.9. The van der Waals surface area contributed by atoms with Gasteiger partial charge in [0, 0.05) is 28.6 Å². The number of carbonyl (C=O) groups is 1. The van der Waals surface area contributed by atoms with E-state index < -0.39 is 0 Å². The molecule has 2 heterocycles. The van der Waals surface area contributed by atoms with Gasteiger partial charge in [0.2, 0.25) is 0 Å². The molecule has 218 valence electrons. The van der Waals surface area contributed by atoms with E-state index in [-0.39, 0.29) is 23.6 Å². The summed E-state index contributed by atoms with van der Waals surface area (Å²) in [5, 5.41) is 14.9. The van der Waals surface area contributed by atoms with Gasteiger partial charge in [-0.1, -0.05) is 61.0 Å². The lowest BCUT2D eigenvalue weighted by Crippen LogP contribution is -2.28. The van der Waals surface area contributed by atoms with Crippen LogP contribution in [0.15, 0.2) is 102 Å². The molecule has 1 amide bonds. The lowest BCUT2D eigenvalue weighted by atomic mass is 9.99. The highest BCUT2D eigenvalue weighted by molar-refractivity contribution is 6.22. The molecule has 6 rings (SSSR count). The number of aliphatic imine (C=N–C) groups is 1. The van der Waals surface area contributed by atoms with Crippen molar-refractivity contribution in [1.29, 1.82) is 0 Å². The minimum Gasteiger partial charge on any atom is -0.494 e. The number of amides is 1. The second-order valence-electron chi connectivity index (χ2n) is 11.2. The molecule has 1 aliphatic rings. The Labute approximate surface area is 250 Å². The number of rotatable bonds is 8. The molecule has 1 aliphatic heterocycles. The Bertz CT molecular complexity index is 1760. The maximum absolute atomic E-state index is 13.4. The van der Waals surface area contributed by atoms with E-state index >= 15 is 0 Å². The summed E-state index contributed by atoms with van der Waals surface area (Å²) in [6.45, 7) is 4.98. The summed E-state index contributed by atoms with van der Waals surface area (Å²) < 4.78 is 13.4. The van der Waals surface area contributed by atoms with Crippen LogP contribution in [0.3, 0.4) is 0 Å². The van der Waals surface area contributed by atoms with Gasteiger partial charge in [0.25, 0.3) is 5.91 Å². The molecule has 1 atom stereocenters. The number of aromatic hydroxyl groups is 1. The standard InChI is InChI=1S/C36H35FN4O2/c1-24(26-13-16-29(37)17-14-26)38-35(42)28-15-18-32-31(22-28)33(36(43)40-32)34(27-10-4-2-5-11-27)39-30-12-8-9-25(21-30)23-41-19-6-3-7-20-41/h2,4-5,8-18,21-22,24,40,43H,3,6-7,19-20,23H2,1H3,(H,38,42). The number of piperidine rings is 1. The van der Waals surface area contributed by atoms with Crippen molar-refractivity contribution in [3.8, 4) is 5.88 Å².